The van der Waals surface area contributed by atoms with Crippen LogP contribution in [0.4, 0.5) is 0 Å². The van der Waals surface area contributed by atoms with Crippen LogP contribution in [0.5, 0.6) is 0 Å². The lowest BCUT2D eigenvalue weighted by Crippen LogP contribution is -2.00. The van der Waals surface area contributed by atoms with Crippen molar-refractivity contribution in [2.24, 2.45) is 7.05 Å². The Morgan fingerprint density at radius 2 is 2.33 bits per heavy atom. The van der Waals surface area contributed by atoms with E-state index in [1.165, 1.54) is 0 Å². The second-order valence-electron chi connectivity index (χ2n) is 2.81. The molecule has 0 atom stereocenters. The van der Waals surface area contributed by atoms with Crippen LogP contribution in [0.15, 0.2) is 22.8 Å². The van der Waals surface area contributed by atoms with E-state index in [-0.39, 0.29) is 5.78 Å². The molecular weight excluding hydrogens is 154 g/mol. The van der Waals surface area contributed by atoms with Crippen molar-refractivity contribution in [3.8, 4) is 0 Å². The molecule has 0 spiro atoms. The normalized spacial score (nSPS) is 10.8. The molecule has 0 bridgehead atoms. The third-order valence-corrected chi connectivity index (χ3v) is 2.02. The predicted molar refractivity (Wildman–Crippen MR) is 45.2 cm³/mol. The fraction of sp³-hybridized carbons (Fsp3) is 0.222. The highest BCUT2D eigenvalue weighted by Gasteiger charge is 2.10. The van der Waals surface area contributed by atoms with E-state index in [0.29, 0.717) is 5.69 Å². The van der Waals surface area contributed by atoms with Crippen LogP contribution in [-0.4, -0.2) is 10.4 Å². The quantitative estimate of drug-likeness (QED) is 0.602. The van der Waals surface area contributed by atoms with Crippen LogP contribution in [0.3, 0.4) is 0 Å². The Morgan fingerprint density at radius 3 is 2.92 bits per heavy atom. The van der Waals surface area contributed by atoms with Gasteiger partial charge in [-0.1, -0.05) is 0 Å². The predicted octanol–water partition coefficient (Wildman–Crippen LogP) is 1.97. The number of hydrogen-bond acceptors (Lipinski definition) is 2. The van der Waals surface area contributed by atoms with Crippen molar-refractivity contribution in [2.45, 2.75) is 6.92 Å². The van der Waals surface area contributed by atoms with Crippen molar-refractivity contribution < 1.29 is 9.21 Å². The van der Waals surface area contributed by atoms with E-state index in [4.69, 9.17) is 4.42 Å². The van der Waals surface area contributed by atoms with Crippen molar-refractivity contribution >= 4 is 16.9 Å². The third kappa shape index (κ3) is 0.794. The van der Waals surface area contributed by atoms with Crippen molar-refractivity contribution in [1.82, 2.24) is 4.57 Å². The molecule has 2 aromatic rings. The first-order valence-corrected chi connectivity index (χ1v) is 3.74. The molecule has 2 heterocycles. The van der Waals surface area contributed by atoms with Gasteiger partial charge in [0.2, 0.25) is 0 Å². The number of rotatable bonds is 1. The SMILES string of the molecule is CC(=O)c1cc2occc2n1C. The van der Waals surface area contributed by atoms with Crippen molar-refractivity contribution in [1.29, 1.82) is 0 Å². The number of ketones is 1. The van der Waals surface area contributed by atoms with E-state index in [0.717, 1.165) is 11.1 Å². The molecular formula is C9H9NO2. The molecule has 2 rings (SSSR count). The lowest BCUT2D eigenvalue weighted by molar-refractivity contribution is 0.101. The van der Waals surface area contributed by atoms with Gasteiger partial charge in [-0.25, -0.2) is 0 Å². The Morgan fingerprint density at radius 1 is 1.58 bits per heavy atom. The molecule has 0 amide bonds. The fourth-order valence-electron chi connectivity index (χ4n) is 1.39. The van der Waals surface area contributed by atoms with Crippen LogP contribution >= 0.6 is 0 Å². The summed E-state index contributed by atoms with van der Waals surface area (Å²) in [5.41, 5.74) is 2.41. The van der Waals surface area contributed by atoms with Crippen LogP contribution in [0.2, 0.25) is 0 Å². The number of furan rings is 1. The van der Waals surface area contributed by atoms with Gasteiger partial charge >= 0.3 is 0 Å². The minimum Gasteiger partial charge on any atom is -0.463 e. The van der Waals surface area contributed by atoms with E-state index < -0.39 is 0 Å². The van der Waals surface area contributed by atoms with Gasteiger partial charge in [0.15, 0.2) is 11.4 Å². The fourth-order valence-corrected chi connectivity index (χ4v) is 1.39. The Bertz CT molecular complexity index is 436. The van der Waals surface area contributed by atoms with Gasteiger partial charge in [-0.3, -0.25) is 4.79 Å². The number of aryl methyl sites for hydroxylation is 1. The standard InChI is InChI=1S/C9H9NO2/c1-6(11)8-5-9-7(10(8)2)3-4-12-9/h3-5H,1-2H3. The maximum atomic E-state index is 11.1. The van der Waals surface area contributed by atoms with Gasteiger partial charge in [-0.05, 0) is 0 Å². The zero-order valence-electron chi connectivity index (χ0n) is 7.00. The van der Waals surface area contributed by atoms with E-state index in [9.17, 15) is 4.79 Å². The zero-order valence-corrected chi connectivity index (χ0v) is 7.00. The lowest BCUT2D eigenvalue weighted by Gasteiger charge is -1.96. The van der Waals surface area contributed by atoms with Crippen molar-refractivity contribution in [3.05, 3.63) is 24.1 Å². The smallest absolute Gasteiger partial charge is 0.176 e. The highest BCUT2D eigenvalue weighted by atomic mass is 16.3. The minimum absolute atomic E-state index is 0.0592. The highest BCUT2D eigenvalue weighted by molar-refractivity contribution is 5.97. The average Bonchev–Trinajstić information content (AvgIpc) is 2.53. The summed E-state index contributed by atoms with van der Waals surface area (Å²) in [7, 11) is 1.86. The Labute approximate surface area is 69.6 Å². The molecule has 0 aromatic carbocycles. The number of aromatic nitrogens is 1. The molecule has 0 aliphatic rings. The van der Waals surface area contributed by atoms with Crippen molar-refractivity contribution in [3.63, 3.8) is 0 Å². The zero-order chi connectivity index (χ0) is 8.72. The second-order valence-corrected chi connectivity index (χ2v) is 2.81. The number of nitrogens with zero attached hydrogens (tertiary/aromatic N) is 1. The Kier molecular flexibility index (Phi) is 1.33. The van der Waals surface area contributed by atoms with Crippen LogP contribution in [0.25, 0.3) is 11.1 Å². The van der Waals surface area contributed by atoms with E-state index in [1.54, 1.807) is 19.3 Å². The van der Waals surface area contributed by atoms with E-state index in [1.807, 2.05) is 17.7 Å². The largest absolute Gasteiger partial charge is 0.463 e. The summed E-state index contributed by atoms with van der Waals surface area (Å²) in [6.45, 7) is 1.55. The Hall–Kier alpha value is -1.51. The monoisotopic (exact) mass is 163 g/mol. The molecule has 62 valence electrons. The maximum Gasteiger partial charge on any atom is 0.176 e. The number of fused-ring (bicyclic) bond motifs is 1. The Balaban J connectivity index is 2.78. The minimum atomic E-state index is 0.0592. The summed E-state index contributed by atoms with van der Waals surface area (Å²) < 4.78 is 6.99. The first-order valence-electron chi connectivity index (χ1n) is 3.74. The summed E-state index contributed by atoms with van der Waals surface area (Å²) in [6.07, 6.45) is 1.62. The van der Waals surface area contributed by atoms with Crippen LogP contribution in [-0.2, 0) is 7.05 Å². The van der Waals surface area contributed by atoms with Gasteiger partial charge in [0.05, 0.1) is 17.5 Å². The maximum absolute atomic E-state index is 11.1. The molecule has 2 aromatic heterocycles. The molecule has 3 nitrogen and oxygen atoms in total. The number of hydrogen-bond donors (Lipinski definition) is 0. The van der Waals surface area contributed by atoms with Gasteiger partial charge < -0.3 is 8.98 Å². The number of Topliss-reactive ketones (excluding diaryl/α,β-unsaturated/α-hetero) is 1. The van der Waals surface area contributed by atoms with Gasteiger partial charge in [0, 0.05) is 26.1 Å². The molecule has 0 aliphatic carbocycles. The molecule has 12 heavy (non-hydrogen) atoms. The van der Waals surface area contributed by atoms with E-state index >= 15 is 0 Å². The first kappa shape index (κ1) is 7.16. The van der Waals surface area contributed by atoms with Gasteiger partial charge in [-0.2, -0.15) is 0 Å². The lowest BCUT2D eigenvalue weighted by atomic mass is 10.3. The molecule has 0 N–H and O–H groups in total. The van der Waals surface area contributed by atoms with Crippen LogP contribution in [0, 0.1) is 0 Å². The molecule has 3 heteroatoms. The second kappa shape index (κ2) is 2.24. The van der Waals surface area contributed by atoms with Crippen LogP contribution < -0.4 is 0 Å². The van der Waals surface area contributed by atoms with Crippen LogP contribution in [0.1, 0.15) is 17.4 Å². The van der Waals surface area contributed by atoms with E-state index in [2.05, 4.69) is 0 Å². The van der Waals surface area contributed by atoms with Gasteiger partial charge in [0.25, 0.3) is 0 Å². The molecule has 0 saturated carbocycles. The molecule has 0 fully saturated rings. The average molecular weight is 163 g/mol. The molecule has 0 saturated heterocycles. The first-order chi connectivity index (χ1) is 5.70. The third-order valence-electron chi connectivity index (χ3n) is 2.02. The summed E-state index contributed by atoms with van der Waals surface area (Å²) in [5, 5.41) is 0. The molecule has 0 aliphatic heterocycles. The summed E-state index contributed by atoms with van der Waals surface area (Å²) >= 11 is 0. The summed E-state index contributed by atoms with van der Waals surface area (Å²) in [6, 6.07) is 3.61. The highest BCUT2D eigenvalue weighted by Crippen LogP contribution is 2.19. The topological polar surface area (TPSA) is 35.1 Å². The molecule has 0 radical (unpaired) electrons. The van der Waals surface area contributed by atoms with Gasteiger partial charge in [-0.15, -0.1) is 0 Å². The van der Waals surface area contributed by atoms with Gasteiger partial charge in [0.1, 0.15) is 0 Å². The number of carbonyl (C=O) groups excluding carboxylic acids is 1. The summed E-state index contributed by atoms with van der Waals surface area (Å²) in [4.78, 5) is 11.1. The van der Waals surface area contributed by atoms with Crippen molar-refractivity contribution in [2.75, 3.05) is 0 Å². The summed E-state index contributed by atoms with van der Waals surface area (Å²) in [5.74, 6) is 0.0592. The number of carbonyl (C=O) groups is 1. The molecule has 0 unspecified atom stereocenters.